The Morgan fingerprint density at radius 3 is 2.45 bits per heavy atom. The number of anilines is 2. The largest absolute Gasteiger partial charge is 0.398 e. The molecule has 3 N–H and O–H groups in total. The third kappa shape index (κ3) is 2.96. The van der Waals surface area contributed by atoms with E-state index in [0.29, 0.717) is 15.7 Å². The number of rotatable bonds is 3. The summed E-state index contributed by atoms with van der Waals surface area (Å²) >= 11 is 3.35. The highest BCUT2D eigenvalue weighted by atomic mass is 79.9. The van der Waals surface area contributed by atoms with Crippen molar-refractivity contribution in [2.75, 3.05) is 10.5 Å². The second kappa shape index (κ2) is 5.46. The van der Waals surface area contributed by atoms with E-state index in [-0.39, 0.29) is 10.6 Å². The molecule has 0 aromatic heterocycles. The van der Waals surface area contributed by atoms with Gasteiger partial charge in [-0.3, -0.25) is 4.72 Å². The average Bonchev–Trinajstić information content (AvgIpc) is 2.32. The van der Waals surface area contributed by atoms with E-state index >= 15 is 0 Å². The molecule has 0 saturated heterocycles. The lowest BCUT2D eigenvalue weighted by Gasteiger charge is -2.13. The maximum absolute atomic E-state index is 12.5. The molecule has 2 aromatic rings. The normalized spacial score (nSPS) is 11.3. The topological polar surface area (TPSA) is 72.2 Å². The molecule has 0 atom stereocenters. The molecule has 2 rings (SSSR count). The molecule has 0 aliphatic rings. The Kier molecular flexibility index (Phi) is 4.06. The highest BCUT2D eigenvalue weighted by Gasteiger charge is 2.20. The van der Waals surface area contributed by atoms with Crippen molar-refractivity contribution in [3.05, 3.63) is 52.0 Å². The molecule has 0 bridgehead atoms. The van der Waals surface area contributed by atoms with Gasteiger partial charge < -0.3 is 5.73 Å². The Bertz CT molecular complexity index is 738. The first kappa shape index (κ1) is 14.9. The molecule has 0 amide bonds. The molecular weight excluding hydrogens is 340 g/mol. The number of hydrogen-bond acceptors (Lipinski definition) is 3. The fraction of sp³-hybridized carbons (Fsp3) is 0.143. The molecule has 0 radical (unpaired) electrons. The first-order chi connectivity index (χ1) is 9.31. The van der Waals surface area contributed by atoms with Gasteiger partial charge in [0.2, 0.25) is 0 Å². The van der Waals surface area contributed by atoms with Crippen LogP contribution in [0.15, 0.2) is 45.8 Å². The maximum Gasteiger partial charge on any atom is 0.264 e. The quantitative estimate of drug-likeness (QED) is 0.829. The molecule has 20 heavy (non-hydrogen) atoms. The van der Waals surface area contributed by atoms with Gasteiger partial charge in [0.25, 0.3) is 10.0 Å². The summed E-state index contributed by atoms with van der Waals surface area (Å²) in [6.07, 6.45) is 0. The third-order valence-corrected chi connectivity index (χ3v) is 5.12. The fourth-order valence-electron chi connectivity index (χ4n) is 1.94. The summed E-state index contributed by atoms with van der Waals surface area (Å²) < 4.78 is 28.2. The summed E-state index contributed by atoms with van der Waals surface area (Å²) in [6, 6.07) is 10.4. The van der Waals surface area contributed by atoms with Crippen LogP contribution in [0.3, 0.4) is 0 Å². The molecule has 0 unspecified atom stereocenters. The Hall–Kier alpha value is -1.53. The van der Waals surface area contributed by atoms with Gasteiger partial charge in [-0.25, -0.2) is 8.42 Å². The van der Waals surface area contributed by atoms with Gasteiger partial charge in [0.05, 0.1) is 11.4 Å². The van der Waals surface area contributed by atoms with Gasteiger partial charge in [0, 0.05) is 4.47 Å². The summed E-state index contributed by atoms with van der Waals surface area (Å²) in [5.74, 6) is 0. The monoisotopic (exact) mass is 354 g/mol. The highest BCUT2D eigenvalue weighted by molar-refractivity contribution is 9.10. The molecule has 106 valence electrons. The van der Waals surface area contributed by atoms with Crippen LogP contribution in [0.2, 0.25) is 0 Å². The Morgan fingerprint density at radius 1 is 1.15 bits per heavy atom. The lowest BCUT2D eigenvalue weighted by Crippen LogP contribution is -2.16. The number of nitrogen functional groups attached to an aromatic ring is 1. The second-order valence-electron chi connectivity index (χ2n) is 4.58. The first-order valence-corrected chi connectivity index (χ1v) is 8.23. The first-order valence-electron chi connectivity index (χ1n) is 5.95. The highest BCUT2D eigenvalue weighted by Crippen LogP contribution is 2.29. The van der Waals surface area contributed by atoms with Gasteiger partial charge in [-0.2, -0.15) is 0 Å². The number of hydrogen-bond donors (Lipinski definition) is 2. The van der Waals surface area contributed by atoms with Crippen LogP contribution in [-0.4, -0.2) is 8.42 Å². The van der Waals surface area contributed by atoms with Crippen molar-refractivity contribution < 1.29 is 8.42 Å². The summed E-state index contributed by atoms with van der Waals surface area (Å²) in [5.41, 5.74) is 8.16. The fourth-order valence-corrected chi connectivity index (χ4v) is 4.10. The zero-order valence-corrected chi connectivity index (χ0v) is 13.5. The Labute approximate surface area is 127 Å². The summed E-state index contributed by atoms with van der Waals surface area (Å²) in [7, 11) is -3.72. The van der Waals surface area contributed by atoms with E-state index < -0.39 is 10.0 Å². The number of sulfonamides is 1. The van der Waals surface area contributed by atoms with E-state index in [4.69, 9.17) is 5.73 Å². The van der Waals surface area contributed by atoms with E-state index in [1.807, 2.05) is 19.1 Å². The minimum absolute atomic E-state index is 0.118. The molecule has 0 fully saturated rings. The molecule has 0 aliphatic carbocycles. The van der Waals surface area contributed by atoms with Crippen molar-refractivity contribution in [2.45, 2.75) is 18.7 Å². The van der Waals surface area contributed by atoms with Crippen LogP contribution in [0, 0.1) is 13.8 Å². The van der Waals surface area contributed by atoms with Crippen LogP contribution in [-0.2, 0) is 10.0 Å². The van der Waals surface area contributed by atoms with Crippen LogP contribution in [0.5, 0.6) is 0 Å². The maximum atomic E-state index is 12.5. The number of benzene rings is 2. The van der Waals surface area contributed by atoms with Gasteiger partial charge in [-0.05, 0) is 59.1 Å². The number of nitrogens with two attached hydrogens (primary N) is 1. The lowest BCUT2D eigenvalue weighted by molar-refractivity contribution is 0.601. The van der Waals surface area contributed by atoms with Crippen molar-refractivity contribution in [3.63, 3.8) is 0 Å². The molecule has 2 aromatic carbocycles. The number of halogens is 1. The zero-order valence-electron chi connectivity index (χ0n) is 11.1. The predicted molar refractivity (Wildman–Crippen MR) is 85.3 cm³/mol. The average molecular weight is 355 g/mol. The lowest BCUT2D eigenvalue weighted by atomic mass is 10.2. The standard InChI is InChI=1S/C14H15BrN2O2S/c1-9-6-7-13(11(15)8-9)17-20(18,19)14-10(2)4-3-5-12(14)16/h3-8,17H,16H2,1-2H3. The molecule has 6 heteroatoms. The van der Waals surface area contributed by atoms with Crippen LogP contribution in [0.1, 0.15) is 11.1 Å². The molecule has 0 aliphatic heterocycles. The summed E-state index contributed by atoms with van der Waals surface area (Å²) in [6.45, 7) is 3.65. The summed E-state index contributed by atoms with van der Waals surface area (Å²) in [5, 5.41) is 0. The molecule has 0 saturated carbocycles. The predicted octanol–water partition coefficient (Wildman–Crippen LogP) is 3.45. The van der Waals surface area contributed by atoms with Crippen LogP contribution in [0.4, 0.5) is 11.4 Å². The van der Waals surface area contributed by atoms with Gasteiger partial charge in [0.1, 0.15) is 4.90 Å². The van der Waals surface area contributed by atoms with Crippen molar-refractivity contribution in [1.29, 1.82) is 0 Å². The molecular formula is C14H15BrN2O2S. The van der Waals surface area contributed by atoms with Crippen molar-refractivity contribution in [2.24, 2.45) is 0 Å². The van der Waals surface area contributed by atoms with E-state index in [2.05, 4.69) is 20.7 Å². The SMILES string of the molecule is Cc1ccc(NS(=O)(=O)c2c(C)cccc2N)c(Br)c1. The molecule has 4 nitrogen and oxygen atoms in total. The van der Waals surface area contributed by atoms with Gasteiger partial charge >= 0.3 is 0 Å². The van der Waals surface area contributed by atoms with Crippen molar-refractivity contribution in [1.82, 2.24) is 0 Å². The van der Waals surface area contributed by atoms with E-state index in [1.165, 1.54) is 0 Å². The Morgan fingerprint density at radius 2 is 1.85 bits per heavy atom. The zero-order chi connectivity index (χ0) is 14.9. The van der Waals surface area contributed by atoms with E-state index in [1.54, 1.807) is 31.2 Å². The van der Waals surface area contributed by atoms with E-state index in [0.717, 1.165) is 5.56 Å². The van der Waals surface area contributed by atoms with Gasteiger partial charge in [-0.15, -0.1) is 0 Å². The third-order valence-electron chi connectivity index (χ3n) is 2.88. The molecule has 0 heterocycles. The van der Waals surface area contributed by atoms with Gasteiger partial charge in [-0.1, -0.05) is 18.2 Å². The minimum Gasteiger partial charge on any atom is -0.398 e. The summed E-state index contributed by atoms with van der Waals surface area (Å²) in [4.78, 5) is 0.118. The Balaban J connectivity index is 2.46. The number of aryl methyl sites for hydroxylation is 2. The minimum atomic E-state index is -3.72. The smallest absolute Gasteiger partial charge is 0.264 e. The van der Waals surface area contributed by atoms with Crippen molar-refractivity contribution in [3.8, 4) is 0 Å². The molecule has 0 spiro atoms. The number of nitrogens with one attached hydrogen (secondary N) is 1. The second-order valence-corrected chi connectivity index (χ2v) is 7.06. The van der Waals surface area contributed by atoms with Crippen molar-refractivity contribution >= 4 is 37.3 Å². The van der Waals surface area contributed by atoms with Crippen LogP contribution in [0.25, 0.3) is 0 Å². The van der Waals surface area contributed by atoms with Gasteiger partial charge in [0.15, 0.2) is 0 Å². The van der Waals surface area contributed by atoms with Crippen LogP contribution >= 0.6 is 15.9 Å². The van der Waals surface area contributed by atoms with Crippen LogP contribution < -0.4 is 10.5 Å². The van der Waals surface area contributed by atoms with E-state index in [9.17, 15) is 8.42 Å².